The highest BCUT2D eigenvalue weighted by Gasteiger charge is 2.72. The summed E-state index contributed by atoms with van der Waals surface area (Å²) in [6, 6.07) is 0. The Labute approximate surface area is 106 Å². The molecule has 0 saturated heterocycles. The number of hydrogen-bond donors (Lipinski definition) is 2. The summed E-state index contributed by atoms with van der Waals surface area (Å²) in [5.41, 5.74) is -4.58. The van der Waals surface area contributed by atoms with Gasteiger partial charge in [0.2, 0.25) is 5.91 Å². The van der Waals surface area contributed by atoms with Crippen molar-refractivity contribution < 1.29 is 31.1 Å². The smallest absolute Gasteiger partial charge is 0.324 e. The van der Waals surface area contributed by atoms with Gasteiger partial charge < -0.3 is 10.6 Å². The number of alkyl halides is 6. The van der Waals surface area contributed by atoms with Crippen LogP contribution in [0.25, 0.3) is 0 Å². The maximum atomic E-state index is 12.8. The molecule has 1 rings (SSSR count). The number of carbonyl (C=O) groups excluding carboxylic acids is 1. The van der Waals surface area contributed by atoms with Gasteiger partial charge in [-0.3, -0.25) is 4.79 Å². The number of amides is 1. The van der Waals surface area contributed by atoms with Gasteiger partial charge >= 0.3 is 18.0 Å². The number of nitrogens with zero attached hydrogens (tertiary/aromatic N) is 1. The van der Waals surface area contributed by atoms with Crippen LogP contribution in [0, 0.1) is 0 Å². The van der Waals surface area contributed by atoms with E-state index >= 15 is 0 Å². The monoisotopic (exact) mass is 307 g/mol. The van der Waals surface area contributed by atoms with Crippen LogP contribution in [0.3, 0.4) is 0 Å². The summed E-state index contributed by atoms with van der Waals surface area (Å²) in [5.74, 6) is -1.49. The summed E-state index contributed by atoms with van der Waals surface area (Å²) in [5, 5.41) is 2.65. The third-order valence-corrected chi connectivity index (χ3v) is 2.63. The third kappa shape index (κ3) is 3.08. The van der Waals surface area contributed by atoms with Crippen LogP contribution < -0.4 is 10.6 Å². The van der Waals surface area contributed by atoms with Crippen molar-refractivity contribution >= 4 is 22.4 Å². The molecule has 0 aliphatic heterocycles. The Kier molecular flexibility index (Phi) is 3.98. The molecule has 1 amide bonds. The van der Waals surface area contributed by atoms with Crippen LogP contribution in [0.5, 0.6) is 0 Å². The topological polar surface area (TPSA) is 54.0 Å². The van der Waals surface area contributed by atoms with Crippen molar-refractivity contribution in [3.63, 3.8) is 0 Å². The summed E-state index contributed by atoms with van der Waals surface area (Å²) in [4.78, 5) is 14.0. The Hall–Kier alpha value is -1.52. The number of halogens is 6. The largest absolute Gasteiger partial charge is 0.439 e. The van der Waals surface area contributed by atoms with Crippen molar-refractivity contribution in [2.45, 2.75) is 24.9 Å². The Morgan fingerprint density at radius 1 is 1.21 bits per heavy atom. The van der Waals surface area contributed by atoms with Crippen molar-refractivity contribution in [1.82, 2.24) is 10.3 Å². The van der Waals surface area contributed by atoms with E-state index in [1.54, 1.807) is 0 Å². The van der Waals surface area contributed by atoms with E-state index in [0.717, 1.165) is 11.5 Å². The number of carbonyl (C=O) groups is 1. The first-order chi connectivity index (χ1) is 8.49. The predicted octanol–water partition coefficient (Wildman–Crippen LogP) is 2.51. The first-order valence-electron chi connectivity index (χ1n) is 4.59. The minimum atomic E-state index is -5.80. The fourth-order valence-corrected chi connectivity index (χ4v) is 1.77. The van der Waals surface area contributed by atoms with Gasteiger partial charge in [-0.25, -0.2) is 4.98 Å². The molecule has 1 aromatic heterocycles. The molecule has 0 aromatic carbocycles. The Bertz CT molecular complexity index is 426. The second-order valence-electron chi connectivity index (χ2n) is 3.39. The fraction of sp³-hybridized carbons (Fsp3) is 0.500. The summed E-state index contributed by atoms with van der Waals surface area (Å²) in [6.45, 7) is 0.551. The zero-order chi connectivity index (χ0) is 14.9. The molecule has 0 fully saturated rings. The maximum absolute atomic E-state index is 12.8. The molecule has 0 unspecified atom stereocenters. The standard InChI is InChI=1S/C8H7F6N3OS/c1-4(18)16-6(7(9,10)11,8(12,13)14)17-5-15-2-3-19-5/h2-3H,1H3,(H,15,17)(H,16,18). The van der Waals surface area contributed by atoms with Crippen LogP contribution in [-0.4, -0.2) is 28.9 Å². The van der Waals surface area contributed by atoms with Gasteiger partial charge in [0.1, 0.15) is 0 Å². The van der Waals surface area contributed by atoms with E-state index in [0.29, 0.717) is 18.3 Å². The van der Waals surface area contributed by atoms with Crippen molar-refractivity contribution in [1.29, 1.82) is 0 Å². The zero-order valence-corrected chi connectivity index (χ0v) is 10.0. The normalized spacial score (nSPS) is 13.2. The molecule has 108 valence electrons. The van der Waals surface area contributed by atoms with Gasteiger partial charge in [0.25, 0.3) is 0 Å². The molecule has 1 aromatic rings. The first kappa shape index (κ1) is 15.5. The lowest BCUT2D eigenvalue weighted by atomic mass is 10.1. The van der Waals surface area contributed by atoms with E-state index in [9.17, 15) is 31.1 Å². The predicted molar refractivity (Wildman–Crippen MR) is 54.4 cm³/mol. The summed E-state index contributed by atoms with van der Waals surface area (Å²) >= 11 is 0.536. The molecule has 11 heteroatoms. The lowest BCUT2D eigenvalue weighted by Gasteiger charge is -2.37. The van der Waals surface area contributed by atoms with Crippen molar-refractivity contribution in [3.05, 3.63) is 11.6 Å². The van der Waals surface area contributed by atoms with E-state index in [1.165, 1.54) is 10.7 Å². The van der Waals surface area contributed by atoms with Gasteiger partial charge in [0.15, 0.2) is 5.13 Å². The summed E-state index contributed by atoms with van der Waals surface area (Å²) in [7, 11) is 0. The summed E-state index contributed by atoms with van der Waals surface area (Å²) < 4.78 is 76.8. The second kappa shape index (κ2) is 4.87. The first-order valence-corrected chi connectivity index (χ1v) is 5.47. The molecule has 0 aliphatic rings. The van der Waals surface area contributed by atoms with Crippen molar-refractivity contribution in [2.24, 2.45) is 0 Å². The van der Waals surface area contributed by atoms with E-state index < -0.39 is 29.1 Å². The molecule has 1 heterocycles. The molecular formula is C8H7F6N3OS. The van der Waals surface area contributed by atoms with E-state index in [-0.39, 0.29) is 0 Å². The van der Waals surface area contributed by atoms with E-state index in [4.69, 9.17) is 0 Å². The average molecular weight is 307 g/mol. The number of rotatable bonds is 3. The third-order valence-electron chi connectivity index (χ3n) is 1.94. The van der Waals surface area contributed by atoms with Gasteiger partial charge in [-0.1, -0.05) is 0 Å². The summed E-state index contributed by atoms with van der Waals surface area (Å²) in [6.07, 6.45) is -10.6. The molecule has 19 heavy (non-hydrogen) atoms. The van der Waals surface area contributed by atoms with Crippen LogP contribution in [0.2, 0.25) is 0 Å². The molecule has 0 radical (unpaired) electrons. The minimum Gasteiger partial charge on any atom is -0.324 e. The molecular weight excluding hydrogens is 300 g/mol. The molecule has 0 aliphatic carbocycles. The number of anilines is 1. The fourth-order valence-electron chi connectivity index (χ4n) is 1.19. The molecule has 0 bridgehead atoms. The molecule has 4 nitrogen and oxygen atoms in total. The van der Waals surface area contributed by atoms with Crippen LogP contribution in [0.4, 0.5) is 31.5 Å². The van der Waals surface area contributed by atoms with Gasteiger partial charge in [-0.15, -0.1) is 11.3 Å². The Morgan fingerprint density at radius 2 is 1.74 bits per heavy atom. The zero-order valence-electron chi connectivity index (χ0n) is 9.19. The Balaban J connectivity index is 3.30. The van der Waals surface area contributed by atoms with Crippen LogP contribution in [0.1, 0.15) is 6.92 Å². The van der Waals surface area contributed by atoms with E-state index in [2.05, 4.69) is 4.98 Å². The highest BCUT2D eigenvalue weighted by Crippen LogP contribution is 2.43. The number of nitrogens with one attached hydrogen (secondary N) is 2. The second-order valence-corrected chi connectivity index (χ2v) is 4.28. The SMILES string of the molecule is CC(=O)NC(Nc1nccs1)(C(F)(F)F)C(F)(F)F. The van der Waals surface area contributed by atoms with Crippen LogP contribution in [0.15, 0.2) is 11.6 Å². The number of hydrogen-bond acceptors (Lipinski definition) is 4. The minimum absolute atomic E-state index is 0.536. The molecule has 0 atom stereocenters. The van der Waals surface area contributed by atoms with Crippen molar-refractivity contribution in [2.75, 3.05) is 5.32 Å². The highest BCUT2D eigenvalue weighted by molar-refractivity contribution is 7.13. The molecule has 0 spiro atoms. The van der Waals surface area contributed by atoms with Gasteiger partial charge in [-0.05, 0) is 0 Å². The van der Waals surface area contributed by atoms with Crippen molar-refractivity contribution in [3.8, 4) is 0 Å². The maximum Gasteiger partial charge on any atom is 0.439 e. The quantitative estimate of drug-likeness (QED) is 0.666. The molecule has 2 N–H and O–H groups in total. The lowest BCUT2D eigenvalue weighted by molar-refractivity contribution is -0.295. The van der Waals surface area contributed by atoms with Gasteiger partial charge in [0.05, 0.1) is 0 Å². The van der Waals surface area contributed by atoms with Crippen LogP contribution >= 0.6 is 11.3 Å². The average Bonchev–Trinajstić information content (AvgIpc) is 2.64. The molecule has 0 saturated carbocycles. The van der Waals surface area contributed by atoms with Crippen LogP contribution in [-0.2, 0) is 4.79 Å². The van der Waals surface area contributed by atoms with E-state index in [1.807, 2.05) is 0 Å². The number of aromatic nitrogens is 1. The highest BCUT2D eigenvalue weighted by atomic mass is 32.1. The van der Waals surface area contributed by atoms with Gasteiger partial charge in [0, 0.05) is 18.5 Å². The number of thiazole rings is 1. The lowest BCUT2D eigenvalue weighted by Crippen LogP contribution is -2.71. The Morgan fingerprint density at radius 3 is 2.05 bits per heavy atom. The van der Waals surface area contributed by atoms with Gasteiger partial charge in [-0.2, -0.15) is 26.3 Å².